The van der Waals surface area contributed by atoms with Gasteiger partial charge in [0.05, 0.1) is 26.1 Å². The Balaban J connectivity index is 3.02. The van der Waals surface area contributed by atoms with Crippen molar-refractivity contribution in [3.05, 3.63) is 42.0 Å². The maximum Gasteiger partial charge on any atom is 0.337 e. The molecule has 0 unspecified atom stereocenters. The highest BCUT2D eigenvalue weighted by molar-refractivity contribution is 5.95. The second-order valence-corrected chi connectivity index (χ2v) is 12.5. The predicted molar refractivity (Wildman–Crippen MR) is 194 cm³/mol. The first kappa shape index (κ1) is 44.8. The largest absolute Gasteiger partial charge is 0.481 e. The molecule has 1 aromatic rings. The molecule has 0 radical (unpaired) electrons. The summed E-state index contributed by atoms with van der Waals surface area (Å²) in [4.78, 5) is 63.8. The first-order valence-corrected chi connectivity index (χ1v) is 17.9. The summed E-state index contributed by atoms with van der Waals surface area (Å²) in [5.41, 5.74) is -2.19. The van der Waals surface area contributed by atoms with Crippen LogP contribution in [0, 0.1) is 17.8 Å². The van der Waals surface area contributed by atoms with E-state index in [1.807, 2.05) is 0 Å². The molecule has 0 saturated carbocycles. The highest BCUT2D eigenvalue weighted by Gasteiger charge is 2.49. The van der Waals surface area contributed by atoms with E-state index in [0.717, 1.165) is 45.6 Å². The van der Waals surface area contributed by atoms with Crippen molar-refractivity contribution < 1.29 is 48.4 Å². The molecule has 0 aliphatic rings. The Bertz CT molecular complexity index is 1300. The second-order valence-electron chi connectivity index (χ2n) is 12.5. The number of hydrogen-bond donors (Lipinski definition) is 4. The van der Waals surface area contributed by atoms with E-state index in [0.29, 0.717) is 37.0 Å². The monoisotopic (exact) mass is 714 g/mol. The fourth-order valence-corrected chi connectivity index (χ4v) is 5.35. The average Bonchev–Trinajstić information content (AvgIpc) is 3.10. The van der Waals surface area contributed by atoms with E-state index in [2.05, 4.69) is 29.4 Å². The van der Waals surface area contributed by atoms with Gasteiger partial charge >= 0.3 is 11.9 Å². The van der Waals surface area contributed by atoms with E-state index >= 15 is 0 Å². The molecule has 2 amide bonds. The number of esters is 1. The molecule has 1 aromatic carbocycles. The van der Waals surface area contributed by atoms with Gasteiger partial charge in [0.15, 0.2) is 5.60 Å². The number of methoxy groups -OCH3 is 2. The Hall–Kier alpha value is -4.21. The van der Waals surface area contributed by atoms with E-state index < -0.39 is 47.7 Å². The number of amides is 2. The Morgan fingerprint density at radius 2 is 1.59 bits per heavy atom. The van der Waals surface area contributed by atoms with E-state index in [4.69, 9.17) is 14.2 Å². The lowest BCUT2D eigenvalue weighted by atomic mass is 9.82. The molecule has 3 atom stereocenters. The van der Waals surface area contributed by atoms with Gasteiger partial charge in [0.1, 0.15) is 24.2 Å². The number of benzene rings is 1. The molecule has 1 rings (SSSR count). The minimum atomic E-state index is -2.84. The molecule has 12 nitrogen and oxygen atoms in total. The third-order valence-electron chi connectivity index (χ3n) is 8.34. The number of aliphatic carboxylic acids is 1. The summed E-state index contributed by atoms with van der Waals surface area (Å²) in [5, 5.41) is 26.6. The van der Waals surface area contributed by atoms with Crippen LogP contribution in [0.2, 0.25) is 0 Å². The van der Waals surface area contributed by atoms with Gasteiger partial charge in [-0.1, -0.05) is 75.7 Å². The van der Waals surface area contributed by atoms with Gasteiger partial charge in [0, 0.05) is 32.9 Å². The van der Waals surface area contributed by atoms with Crippen LogP contribution in [0.15, 0.2) is 36.4 Å². The van der Waals surface area contributed by atoms with Crippen LogP contribution in [-0.2, 0) is 39.9 Å². The average molecular weight is 715 g/mol. The molecular weight excluding hydrogens is 656 g/mol. The zero-order valence-corrected chi connectivity index (χ0v) is 30.8. The smallest absolute Gasteiger partial charge is 0.337 e. The zero-order chi connectivity index (χ0) is 37.9. The SMILES string of the molecule is CC#CCOc1ccc(C[C@H](NC(=O)[C@@H](/C=C/CCCCCCC(=O)CCCCCCC)[C@@](O)(CC(=O)NCCOC)C(=O)O)C(=O)OC)cc1. The maximum absolute atomic E-state index is 13.7. The predicted octanol–water partition coefficient (Wildman–Crippen LogP) is 4.70. The van der Waals surface area contributed by atoms with Crippen molar-refractivity contribution in [2.75, 3.05) is 34.0 Å². The second kappa shape index (κ2) is 26.6. The Morgan fingerprint density at radius 1 is 0.941 bits per heavy atom. The van der Waals surface area contributed by atoms with E-state index in [9.17, 15) is 34.2 Å². The lowest BCUT2D eigenvalue weighted by Crippen LogP contribution is -2.56. The van der Waals surface area contributed by atoms with Gasteiger partial charge in [-0.05, 0) is 50.3 Å². The van der Waals surface area contributed by atoms with Crippen molar-refractivity contribution in [2.45, 2.75) is 115 Å². The van der Waals surface area contributed by atoms with E-state index in [1.165, 1.54) is 26.0 Å². The van der Waals surface area contributed by atoms with Crippen molar-refractivity contribution in [3.8, 4) is 17.6 Å². The number of unbranched alkanes of at least 4 members (excludes halogenated alkanes) is 8. The van der Waals surface area contributed by atoms with Gasteiger partial charge < -0.3 is 35.1 Å². The number of carbonyl (C=O) groups excluding carboxylic acids is 4. The molecule has 0 spiro atoms. The number of carboxylic acids is 1. The highest BCUT2D eigenvalue weighted by atomic mass is 16.5. The van der Waals surface area contributed by atoms with Crippen molar-refractivity contribution in [2.24, 2.45) is 5.92 Å². The summed E-state index contributed by atoms with van der Waals surface area (Å²) in [6.07, 6.45) is 12.3. The van der Waals surface area contributed by atoms with Crippen LogP contribution in [0.3, 0.4) is 0 Å². The topological polar surface area (TPSA) is 178 Å². The zero-order valence-electron chi connectivity index (χ0n) is 30.8. The third-order valence-corrected chi connectivity index (χ3v) is 8.34. The first-order valence-electron chi connectivity index (χ1n) is 17.9. The molecule has 0 bridgehead atoms. The number of rotatable bonds is 28. The van der Waals surface area contributed by atoms with Crippen molar-refractivity contribution in [1.82, 2.24) is 10.6 Å². The van der Waals surface area contributed by atoms with Gasteiger partial charge in [-0.2, -0.15) is 0 Å². The Kier molecular flexibility index (Phi) is 23.4. The summed E-state index contributed by atoms with van der Waals surface area (Å²) < 4.78 is 15.3. The van der Waals surface area contributed by atoms with Gasteiger partial charge in [0.2, 0.25) is 11.8 Å². The Morgan fingerprint density at radius 3 is 2.18 bits per heavy atom. The van der Waals surface area contributed by atoms with Crippen molar-refractivity contribution in [3.63, 3.8) is 0 Å². The van der Waals surface area contributed by atoms with Gasteiger partial charge in [0.25, 0.3) is 0 Å². The number of hydrogen-bond acceptors (Lipinski definition) is 9. The highest BCUT2D eigenvalue weighted by Crippen LogP contribution is 2.26. The number of aliphatic hydroxyl groups is 1. The third kappa shape index (κ3) is 18.6. The number of carboxylic acid groups (broad SMARTS) is 1. The fraction of sp³-hybridized carbons (Fsp3) is 0.615. The number of nitrogens with one attached hydrogen (secondary N) is 2. The van der Waals surface area contributed by atoms with Crippen LogP contribution in [0.25, 0.3) is 0 Å². The molecule has 51 heavy (non-hydrogen) atoms. The minimum Gasteiger partial charge on any atom is -0.481 e. The van der Waals surface area contributed by atoms with Gasteiger partial charge in [-0.15, -0.1) is 5.92 Å². The molecule has 0 aliphatic heterocycles. The normalized spacial score (nSPS) is 13.3. The number of carbonyl (C=O) groups is 5. The first-order chi connectivity index (χ1) is 24.5. The number of ketones is 1. The van der Waals surface area contributed by atoms with E-state index in [1.54, 1.807) is 37.3 Å². The van der Waals surface area contributed by atoms with Crippen LogP contribution in [-0.4, -0.2) is 85.4 Å². The number of ether oxygens (including phenoxy) is 3. The molecule has 0 saturated heterocycles. The fourth-order valence-electron chi connectivity index (χ4n) is 5.35. The van der Waals surface area contributed by atoms with Crippen LogP contribution >= 0.6 is 0 Å². The summed E-state index contributed by atoms with van der Waals surface area (Å²) >= 11 is 0. The van der Waals surface area contributed by atoms with Crippen molar-refractivity contribution >= 4 is 29.5 Å². The molecule has 0 fully saturated rings. The van der Waals surface area contributed by atoms with Crippen LogP contribution in [0.5, 0.6) is 5.75 Å². The molecule has 0 aliphatic carbocycles. The quantitative estimate of drug-likeness (QED) is 0.0412. The van der Waals surface area contributed by atoms with Crippen LogP contribution in [0.4, 0.5) is 0 Å². The summed E-state index contributed by atoms with van der Waals surface area (Å²) in [5.74, 6) is 0.315. The van der Waals surface area contributed by atoms with Gasteiger partial charge in [-0.25, -0.2) is 9.59 Å². The molecule has 0 aromatic heterocycles. The molecule has 4 N–H and O–H groups in total. The molecule has 0 heterocycles. The summed E-state index contributed by atoms with van der Waals surface area (Å²) in [7, 11) is 2.59. The van der Waals surface area contributed by atoms with Crippen molar-refractivity contribution in [1.29, 1.82) is 0 Å². The molecular formula is C39H58N2O10. The van der Waals surface area contributed by atoms with E-state index in [-0.39, 0.29) is 32.0 Å². The van der Waals surface area contributed by atoms with Crippen LogP contribution in [0.1, 0.15) is 103 Å². The van der Waals surface area contributed by atoms with Gasteiger partial charge in [-0.3, -0.25) is 14.4 Å². The summed E-state index contributed by atoms with van der Waals surface area (Å²) in [6.45, 7) is 4.31. The number of allylic oxidation sites excluding steroid dienone is 1. The molecule has 284 valence electrons. The maximum atomic E-state index is 13.7. The molecule has 12 heteroatoms. The minimum absolute atomic E-state index is 0.00570. The summed E-state index contributed by atoms with van der Waals surface area (Å²) in [6, 6.07) is 5.55. The number of Topliss-reactive ketones (excluding diaryl/α,β-unsaturated/α-hetero) is 1. The Labute approximate surface area is 303 Å². The standard InChI is InChI=1S/C39H58N2O10/c1-5-7-9-12-15-18-31(42)19-16-13-10-11-14-17-20-33(39(48,38(46)47)29-35(43)40-25-27-49-3)36(44)41-34(37(45)50-4)28-30-21-23-32(24-22-30)51-26-8-6-2/h17,20-24,33-34,48H,5,7,9-16,18-19,25-29H2,1-4H3,(H,40,43)(H,41,44)(H,46,47)/b20-17+/t33-,34+,39+/m1/s1. The van der Waals surface area contributed by atoms with Crippen LogP contribution < -0.4 is 15.4 Å². The lowest BCUT2D eigenvalue weighted by molar-refractivity contribution is -0.169. The lowest BCUT2D eigenvalue weighted by Gasteiger charge is -2.30.